The molecule has 8 rings (SSSR count). The number of halogens is 7. The lowest BCUT2D eigenvalue weighted by Crippen LogP contribution is -2.54. The number of anilines is 5. The third kappa shape index (κ3) is 15.0. The molecule has 23 heteroatoms. The Morgan fingerprint density at radius 1 is 0.643 bits per heavy atom. The maximum Gasteiger partial charge on any atom is 0.410 e. The molecule has 4 aliphatic heterocycles. The molecular formula is C47H59Cl3F4N12O4. The number of likely N-dealkylation sites (tertiary alicyclic amines) is 3. The van der Waals surface area contributed by atoms with Crippen LogP contribution in [0.15, 0.2) is 49.1 Å². The summed E-state index contributed by atoms with van der Waals surface area (Å²) in [4.78, 5) is 60.9. The number of piperidine rings is 2. The summed E-state index contributed by atoms with van der Waals surface area (Å²) in [5, 5.41) is 6.63. The molecule has 4 aliphatic rings. The highest BCUT2D eigenvalue weighted by molar-refractivity contribution is 6.31. The lowest BCUT2D eigenvalue weighted by Gasteiger charge is -2.40. The monoisotopic (exact) mass is 1040 g/mol. The number of nitrogen functional groups attached to an aromatic ring is 2. The van der Waals surface area contributed by atoms with Crippen molar-refractivity contribution in [1.29, 1.82) is 0 Å². The predicted octanol–water partition coefficient (Wildman–Crippen LogP) is 8.98. The Hall–Kier alpha value is -5.60. The van der Waals surface area contributed by atoms with E-state index in [2.05, 4.69) is 30.6 Å². The van der Waals surface area contributed by atoms with Gasteiger partial charge in [0.05, 0.1) is 0 Å². The summed E-state index contributed by atoms with van der Waals surface area (Å²) < 4.78 is 59.7. The van der Waals surface area contributed by atoms with E-state index in [0.29, 0.717) is 63.5 Å². The molecule has 70 heavy (non-hydrogen) atoms. The molecule has 0 unspecified atom stereocenters. The molecule has 6 heterocycles. The van der Waals surface area contributed by atoms with E-state index in [1.165, 1.54) is 30.6 Å². The largest absolute Gasteiger partial charge is 0.444 e. The van der Waals surface area contributed by atoms with Gasteiger partial charge < -0.3 is 46.4 Å². The highest BCUT2D eigenvalue weighted by atomic mass is 35.5. The molecule has 0 aliphatic carbocycles. The van der Waals surface area contributed by atoms with Crippen molar-refractivity contribution in [1.82, 2.24) is 34.6 Å². The summed E-state index contributed by atoms with van der Waals surface area (Å²) in [6, 6.07) is 7.34. The van der Waals surface area contributed by atoms with Gasteiger partial charge >= 0.3 is 6.09 Å². The predicted molar refractivity (Wildman–Crippen MR) is 263 cm³/mol. The second-order valence-electron chi connectivity index (χ2n) is 18.5. The lowest BCUT2D eigenvalue weighted by atomic mass is 10.0. The molecule has 4 saturated heterocycles. The van der Waals surface area contributed by atoms with Crippen LogP contribution in [0.3, 0.4) is 0 Å². The van der Waals surface area contributed by atoms with Crippen LogP contribution >= 0.6 is 34.8 Å². The summed E-state index contributed by atoms with van der Waals surface area (Å²) in [7, 11) is 0. The number of aromatic nitrogens is 4. The van der Waals surface area contributed by atoms with E-state index in [9.17, 15) is 31.9 Å². The van der Waals surface area contributed by atoms with Gasteiger partial charge in [-0.2, -0.15) is 8.78 Å². The molecule has 4 aromatic rings. The van der Waals surface area contributed by atoms with Crippen LogP contribution < -0.4 is 27.0 Å². The number of carbonyl (C=O) groups excluding carboxylic acids is 3. The number of benzene rings is 2. The van der Waals surface area contributed by atoms with Gasteiger partial charge in [-0.25, -0.2) is 33.5 Å². The first-order chi connectivity index (χ1) is 33.3. The first-order valence-corrected chi connectivity index (χ1v) is 24.4. The number of nitrogens with two attached hydrogens (primary N) is 2. The summed E-state index contributed by atoms with van der Waals surface area (Å²) in [5.41, 5.74) is 11.0. The number of carbonyl (C=O) groups is 3. The molecule has 0 radical (unpaired) electrons. The fraction of sp³-hybridized carbons (Fsp3) is 0.511. The maximum absolute atomic E-state index is 14.4. The highest BCUT2D eigenvalue weighted by Crippen LogP contribution is 2.30. The van der Waals surface area contributed by atoms with E-state index in [0.717, 1.165) is 57.7 Å². The van der Waals surface area contributed by atoms with E-state index < -0.39 is 41.0 Å². The van der Waals surface area contributed by atoms with Crippen molar-refractivity contribution in [3.05, 3.63) is 87.5 Å². The number of nitrogens with one attached hydrogen (secondary N) is 2. The van der Waals surface area contributed by atoms with Crippen molar-refractivity contribution < 1.29 is 36.7 Å². The molecule has 0 bridgehead atoms. The number of nitrogens with zero attached hydrogens (tertiary/aromatic N) is 8. The Bertz CT molecular complexity index is 2400. The summed E-state index contributed by atoms with van der Waals surface area (Å²) in [5.74, 6) is -2.58. The Morgan fingerprint density at radius 3 is 1.64 bits per heavy atom. The summed E-state index contributed by atoms with van der Waals surface area (Å²) in [6.45, 7) is 9.05. The molecule has 4 fully saturated rings. The zero-order chi connectivity index (χ0) is 50.7. The van der Waals surface area contributed by atoms with Gasteiger partial charge in [0.15, 0.2) is 22.6 Å². The van der Waals surface area contributed by atoms with E-state index in [-0.39, 0.29) is 62.6 Å². The van der Waals surface area contributed by atoms with Gasteiger partial charge in [-0.05, 0) is 121 Å². The Morgan fingerprint density at radius 2 is 1.14 bits per heavy atom. The Labute approximate surface area is 419 Å². The smallest absolute Gasteiger partial charge is 0.410 e. The molecular weight excluding hydrogens is 979 g/mol. The van der Waals surface area contributed by atoms with Gasteiger partial charge in [-0.3, -0.25) is 9.59 Å². The van der Waals surface area contributed by atoms with Gasteiger partial charge in [0.2, 0.25) is 23.4 Å². The zero-order valence-corrected chi connectivity index (χ0v) is 41.5. The van der Waals surface area contributed by atoms with Crippen LogP contribution in [0, 0.1) is 23.3 Å². The van der Waals surface area contributed by atoms with Crippen LogP contribution in [-0.4, -0.2) is 122 Å². The van der Waals surface area contributed by atoms with E-state index in [1.807, 2.05) is 35.5 Å². The van der Waals surface area contributed by atoms with Crippen molar-refractivity contribution in [2.45, 2.75) is 115 Å². The van der Waals surface area contributed by atoms with Crippen molar-refractivity contribution >= 4 is 81.5 Å². The molecule has 2 aromatic heterocycles. The molecule has 4 atom stereocenters. The number of hydrogen-bond donors (Lipinski definition) is 4. The SMILES string of the molecule is CC(C)(C)OC(=O)N1CCC[C@@H](N2CCCC[C@@H](Nc3cc(F)cc(Cl)c3)C2=O)C1.Nc1ncnc(Cl)c1F.Nc1ncnc(N2CCC[C@@H](N3CCCC[C@@H](Nc4cc(F)cc(Cl)c4)C3=O)C2)c1F. The van der Waals surface area contributed by atoms with Crippen molar-refractivity contribution in [2.75, 3.05) is 66.3 Å². The Kier molecular flexibility index (Phi) is 18.8. The normalized spacial score (nSPS) is 21.1. The second kappa shape index (κ2) is 24.5. The van der Waals surface area contributed by atoms with Gasteiger partial charge in [0.25, 0.3) is 0 Å². The highest BCUT2D eigenvalue weighted by Gasteiger charge is 2.37. The van der Waals surface area contributed by atoms with Crippen LogP contribution in [0.25, 0.3) is 0 Å². The second-order valence-corrected chi connectivity index (χ2v) is 19.7. The summed E-state index contributed by atoms with van der Waals surface area (Å²) >= 11 is 17.1. The number of amides is 3. The van der Waals surface area contributed by atoms with Crippen LogP contribution in [0.5, 0.6) is 0 Å². The van der Waals surface area contributed by atoms with E-state index in [4.69, 9.17) is 51.0 Å². The third-order valence-corrected chi connectivity index (χ3v) is 12.8. The van der Waals surface area contributed by atoms with Gasteiger partial charge in [0.1, 0.15) is 42.0 Å². The molecule has 380 valence electrons. The minimum atomic E-state index is -0.765. The minimum Gasteiger partial charge on any atom is -0.444 e. The van der Waals surface area contributed by atoms with E-state index in [1.54, 1.807) is 17.0 Å². The first-order valence-electron chi connectivity index (χ1n) is 23.2. The third-order valence-electron chi connectivity index (χ3n) is 12.1. The van der Waals surface area contributed by atoms with Crippen molar-refractivity contribution in [3.63, 3.8) is 0 Å². The average molecular weight is 1040 g/mol. The van der Waals surface area contributed by atoms with Crippen LogP contribution in [0.1, 0.15) is 85.0 Å². The fourth-order valence-electron chi connectivity index (χ4n) is 8.86. The Balaban J connectivity index is 0.000000195. The number of rotatable bonds is 7. The molecule has 6 N–H and O–H groups in total. The van der Waals surface area contributed by atoms with Crippen LogP contribution in [-0.2, 0) is 14.3 Å². The summed E-state index contributed by atoms with van der Waals surface area (Å²) in [6.07, 6.45) is 10.2. The lowest BCUT2D eigenvalue weighted by molar-refractivity contribution is -0.135. The van der Waals surface area contributed by atoms with Crippen LogP contribution in [0.2, 0.25) is 15.2 Å². The van der Waals surface area contributed by atoms with Crippen molar-refractivity contribution in [2.24, 2.45) is 0 Å². The molecule has 2 aromatic carbocycles. The quantitative estimate of drug-likeness (QED) is 0.101. The molecule has 0 saturated carbocycles. The topological polar surface area (TPSA) is 201 Å². The van der Waals surface area contributed by atoms with Gasteiger partial charge in [0, 0.05) is 72.8 Å². The van der Waals surface area contributed by atoms with E-state index >= 15 is 0 Å². The maximum atomic E-state index is 14.4. The van der Waals surface area contributed by atoms with Gasteiger partial charge in [-0.15, -0.1) is 0 Å². The number of hydrogen-bond acceptors (Lipinski definition) is 13. The first kappa shape index (κ1) is 53.7. The average Bonchev–Trinajstić information content (AvgIpc) is 3.59. The minimum absolute atomic E-state index is 0.0103. The van der Waals surface area contributed by atoms with Gasteiger partial charge in [-0.1, -0.05) is 34.8 Å². The molecule has 3 amide bonds. The van der Waals surface area contributed by atoms with Crippen LogP contribution in [0.4, 0.5) is 51.2 Å². The fourth-order valence-corrected chi connectivity index (χ4v) is 9.44. The zero-order valence-electron chi connectivity index (χ0n) is 39.3. The van der Waals surface area contributed by atoms with Crippen molar-refractivity contribution in [3.8, 4) is 0 Å². The standard InChI is InChI=1S/C22H31ClFN3O3.C21H25ClF2N6O.C4H3ClFN3/c1-22(2,3)30-21(29)26-9-6-7-18(14-26)27-10-5-4-8-19(20(27)28)25-17-12-15(23)11-16(24)13-17;22-13-8-14(23)10-15(9-13)28-17-5-1-2-7-30(21(17)31)16-4-3-6-29(11-16)20-18(24)19(25)26-12-27-20;5-3-2(6)4(7)9-1-8-3/h11-13,18-19,25H,4-10,14H2,1-3H3;8-10,12,16-17,28H,1-7,11H2,(H2,25,26,27);1H,(H2,7,8,9)/t18-,19-;16-,17-;/m11./s1. The molecule has 0 spiro atoms. The molecule has 16 nitrogen and oxygen atoms in total. The number of ether oxygens (including phenoxy) is 1.